The number of aryl methyl sites for hydroxylation is 1. The van der Waals surface area contributed by atoms with Crippen LogP contribution in [-0.2, 0) is 6.54 Å². The normalized spacial score (nSPS) is 11.6. The number of rotatable bonds is 6. The lowest BCUT2D eigenvalue weighted by molar-refractivity contribution is 0.0950. The smallest absolute Gasteiger partial charge is 0.251 e. The summed E-state index contributed by atoms with van der Waals surface area (Å²) in [5, 5.41) is 6.25. The van der Waals surface area contributed by atoms with E-state index >= 15 is 0 Å². The molecule has 3 N–H and O–H groups in total. The Kier molecular flexibility index (Phi) is 5.60. The Morgan fingerprint density at radius 2 is 1.74 bits per heavy atom. The highest BCUT2D eigenvalue weighted by molar-refractivity contribution is 6.26. The van der Waals surface area contributed by atoms with E-state index in [1.54, 1.807) is 36.4 Å². The highest BCUT2D eigenvalue weighted by Crippen LogP contribution is 2.42. The van der Waals surface area contributed by atoms with Crippen molar-refractivity contribution in [2.24, 2.45) is 0 Å². The summed E-state index contributed by atoms with van der Waals surface area (Å²) in [4.78, 5) is 17.3. The number of anilines is 1. The van der Waals surface area contributed by atoms with E-state index < -0.39 is 11.6 Å². The largest absolute Gasteiger partial charge is 0.493 e. The summed E-state index contributed by atoms with van der Waals surface area (Å²) in [6, 6.07) is 16.5. The molecule has 3 aromatic heterocycles. The van der Waals surface area contributed by atoms with Crippen LogP contribution < -0.4 is 15.8 Å². The number of ether oxygens (including phenoxy) is 1. The molecule has 0 radical (unpaired) electrons. The molecule has 0 saturated heterocycles. The van der Waals surface area contributed by atoms with Crippen molar-refractivity contribution < 1.29 is 22.7 Å². The number of nitrogens with zero attached hydrogens (tertiary/aromatic N) is 1. The van der Waals surface area contributed by atoms with Gasteiger partial charge < -0.3 is 20.2 Å². The molecule has 1 amide bonds. The van der Waals surface area contributed by atoms with Gasteiger partial charge in [0.1, 0.15) is 22.7 Å². The summed E-state index contributed by atoms with van der Waals surface area (Å²) in [5.74, 6) is -1.08. The average molecular weight is 512 g/mol. The second kappa shape index (κ2) is 8.99. The molecule has 0 unspecified atom stereocenters. The summed E-state index contributed by atoms with van der Waals surface area (Å²) in [6.45, 7) is 4.40. The van der Waals surface area contributed by atoms with E-state index in [-0.39, 0.29) is 18.0 Å². The van der Waals surface area contributed by atoms with Gasteiger partial charge in [-0.25, -0.2) is 13.8 Å². The third kappa shape index (κ3) is 3.76. The Labute approximate surface area is 216 Å². The van der Waals surface area contributed by atoms with E-state index in [4.69, 9.17) is 14.9 Å². The maximum absolute atomic E-state index is 14.4. The van der Waals surface area contributed by atoms with Crippen LogP contribution in [-0.4, -0.2) is 17.5 Å². The van der Waals surface area contributed by atoms with Crippen molar-refractivity contribution in [1.82, 2.24) is 10.3 Å². The number of carbonyl (C=O) groups is 1. The van der Waals surface area contributed by atoms with Gasteiger partial charge in [-0.3, -0.25) is 4.79 Å². The van der Waals surface area contributed by atoms with Gasteiger partial charge in [0, 0.05) is 56.5 Å². The molecule has 0 aliphatic carbocycles. The number of hydrogen-bond donors (Lipinski definition) is 2. The summed E-state index contributed by atoms with van der Waals surface area (Å²) in [7, 11) is 0. The lowest BCUT2D eigenvalue weighted by Crippen LogP contribution is -2.24. The van der Waals surface area contributed by atoms with E-state index in [2.05, 4.69) is 10.3 Å². The average Bonchev–Trinajstić information content (AvgIpc) is 3.46. The number of fused-ring (bicyclic) bond motifs is 8. The molecule has 3 heterocycles. The number of aromatic nitrogens is 1. The number of benzene rings is 4. The molecule has 0 saturated carbocycles. The number of hydrogen-bond acceptors (Lipinski definition) is 5. The van der Waals surface area contributed by atoms with Crippen molar-refractivity contribution in [3.8, 4) is 16.9 Å². The molecule has 38 heavy (non-hydrogen) atoms. The number of carbonyl (C=O) groups excluding carboxylic acids is 1. The zero-order chi connectivity index (χ0) is 26.6. The van der Waals surface area contributed by atoms with Gasteiger partial charge in [0.15, 0.2) is 11.6 Å². The number of furan rings is 2. The summed E-state index contributed by atoms with van der Waals surface area (Å²) >= 11 is 0. The van der Waals surface area contributed by atoms with E-state index in [1.807, 2.05) is 26.0 Å². The van der Waals surface area contributed by atoms with Crippen molar-refractivity contribution in [3.05, 3.63) is 89.1 Å². The summed E-state index contributed by atoms with van der Waals surface area (Å²) in [5.41, 5.74) is 9.80. The molecule has 190 valence electrons. The first kappa shape index (κ1) is 23.7. The van der Waals surface area contributed by atoms with Crippen LogP contribution in [0.3, 0.4) is 0 Å². The number of nitrogens with two attached hydrogens (primary N) is 1. The Morgan fingerprint density at radius 3 is 2.50 bits per heavy atom. The van der Waals surface area contributed by atoms with Gasteiger partial charge >= 0.3 is 0 Å². The van der Waals surface area contributed by atoms with Crippen molar-refractivity contribution in [1.29, 1.82) is 0 Å². The van der Waals surface area contributed by atoms with Crippen LogP contribution >= 0.6 is 0 Å². The number of pyridine rings is 1. The van der Waals surface area contributed by atoms with Crippen LogP contribution in [0.25, 0.3) is 43.8 Å². The lowest BCUT2D eigenvalue weighted by atomic mass is 9.97. The Bertz CT molecular complexity index is 1860. The molecule has 6 nitrogen and oxygen atoms in total. The molecule has 0 aliphatic rings. The molecule has 2 bridgehead atoms. The van der Waals surface area contributed by atoms with E-state index in [0.717, 1.165) is 33.2 Å². The number of nitrogen functional groups attached to an aromatic ring is 1. The zero-order valence-electron chi connectivity index (χ0n) is 20.7. The molecule has 0 atom stereocenters. The van der Waals surface area contributed by atoms with Crippen LogP contribution in [0.15, 0.2) is 65.1 Å². The van der Waals surface area contributed by atoms with Crippen molar-refractivity contribution in [2.45, 2.75) is 20.4 Å². The van der Waals surface area contributed by atoms with Crippen LogP contribution in [0, 0.1) is 18.6 Å². The second-order valence-corrected chi connectivity index (χ2v) is 9.11. The first-order chi connectivity index (χ1) is 18.4. The minimum absolute atomic E-state index is 0.187. The van der Waals surface area contributed by atoms with Crippen LogP contribution in [0.2, 0.25) is 0 Å². The van der Waals surface area contributed by atoms with Gasteiger partial charge in [0.05, 0.1) is 6.61 Å². The maximum atomic E-state index is 14.4. The minimum Gasteiger partial charge on any atom is -0.493 e. The van der Waals surface area contributed by atoms with E-state index in [9.17, 15) is 13.6 Å². The molecule has 6 aromatic rings. The zero-order valence-corrected chi connectivity index (χ0v) is 20.7. The van der Waals surface area contributed by atoms with Crippen LogP contribution in [0.1, 0.15) is 28.5 Å². The number of nitrogens with one attached hydrogen (secondary N) is 1. The fraction of sp³-hybridized carbons (Fsp3) is 0.133. The van der Waals surface area contributed by atoms with E-state index in [1.165, 1.54) is 6.07 Å². The van der Waals surface area contributed by atoms with Crippen molar-refractivity contribution in [3.63, 3.8) is 0 Å². The van der Waals surface area contributed by atoms with Crippen LogP contribution in [0.4, 0.5) is 14.6 Å². The van der Waals surface area contributed by atoms with Gasteiger partial charge in [-0.05, 0) is 55.8 Å². The molecule has 0 spiro atoms. The molecular weight excluding hydrogens is 488 g/mol. The highest BCUT2D eigenvalue weighted by atomic mass is 19.2. The lowest BCUT2D eigenvalue weighted by Gasteiger charge is -2.14. The Hall–Kier alpha value is -4.72. The van der Waals surface area contributed by atoms with Gasteiger partial charge in [0.25, 0.3) is 5.91 Å². The van der Waals surface area contributed by atoms with Crippen LogP contribution in [0.5, 0.6) is 5.75 Å². The molecule has 6 rings (SSSR count). The van der Waals surface area contributed by atoms with Gasteiger partial charge in [-0.1, -0.05) is 18.2 Å². The minimum atomic E-state index is -0.893. The predicted octanol–water partition coefficient (Wildman–Crippen LogP) is 6.74. The molecule has 8 heteroatoms. The van der Waals surface area contributed by atoms with Crippen molar-refractivity contribution in [2.75, 3.05) is 12.3 Å². The standard InChI is InChI=1S/C30H23F2N3O3/c1-3-37-25-13-26(33)35-15(2)23(25)14-34-30(36)17-8-10-20-22(12-17)29-19-9-7-16(11-21(19)28(20)38-29)18-5-4-6-24(31)27(18)32/h4-13H,3,14H2,1-2H3,(H2,33,35)(H,34,36). The third-order valence-corrected chi connectivity index (χ3v) is 6.78. The molecule has 0 fully saturated rings. The second-order valence-electron chi connectivity index (χ2n) is 9.11. The van der Waals surface area contributed by atoms with E-state index in [0.29, 0.717) is 46.2 Å². The molecular formula is C30H23F2N3O3. The number of amides is 1. The highest BCUT2D eigenvalue weighted by Gasteiger charge is 2.21. The summed E-state index contributed by atoms with van der Waals surface area (Å²) < 4.78 is 39.9. The fourth-order valence-corrected chi connectivity index (χ4v) is 4.97. The van der Waals surface area contributed by atoms with Gasteiger partial charge in [-0.15, -0.1) is 0 Å². The van der Waals surface area contributed by atoms with Gasteiger partial charge in [0.2, 0.25) is 0 Å². The topological polar surface area (TPSA) is 90.4 Å². The number of halogens is 2. The molecule has 0 aliphatic heterocycles. The fourth-order valence-electron chi connectivity index (χ4n) is 4.97. The Balaban J connectivity index is 1.32. The van der Waals surface area contributed by atoms with Crippen molar-refractivity contribution >= 4 is 44.4 Å². The SMILES string of the molecule is CCOc1cc(N)nc(C)c1CNC(=O)c1ccc2c(c1)c1oc2c2cc(-c3cccc(F)c3F)ccc21. The molecule has 3 aromatic carbocycles. The Morgan fingerprint density at radius 1 is 1.00 bits per heavy atom. The monoisotopic (exact) mass is 511 g/mol. The first-order valence-corrected chi connectivity index (χ1v) is 12.2. The predicted molar refractivity (Wildman–Crippen MR) is 143 cm³/mol. The summed E-state index contributed by atoms with van der Waals surface area (Å²) in [6.07, 6.45) is 0. The maximum Gasteiger partial charge on any atom is 0.251 e. The third-order valence-electron chi connectivity index (χ3n) is 6.78. The quantitative estimate of drug-likeness (QED) is 0.242. The van der Waals surface area contributed by atoms with Gasteiger partial charge in [-0.2, -0.15) is 0 Å². The first-order valence-electron chi connectivity index (χ1n) is 12.2.